The molecule has 2 aromatic carbocycles. The van der Waals surface area contributed by atoms with Gasteiger partial charge in [0.05, 0.1) is 10.2 Å². The zero-order valence-electron chi connectivity index (χ0n) is 17.4. The van der Waals surface area contributed by atoms with Crippen molar-refractivity contribution < 1.29 is 4.79 Å². The van der Waals surface area contributed by atoms with Crippen LogP contribution in [-0.2, 0) is 11.2 Å². The smallest absolute Gasteiger partial charge is 0.273 e. The molecule has 3 aromatic rings. The third-order valence-corrected chi connectivity index (χ3v) is 6.03. The van der Waals surface area contributed by atoms with Gasteiger partial charge in [0.15, 0.2) is 5.57 Å². The van der Waals surface area contributed by atoms with Gasteiger partial charge in [0, 0.05) is 7.05 Å². The van der Waals surface area contributed by atoms with E-state index in [4.69, 9.17) is 0 Å². The van der Waals surface area contributed by atoms with Crippen LogP contribution in [0.2, 0.25) is 0 Å². The van der Waals surface area contributed by atoms with Crippen molar-refractivity contribution in [1.82, 2.24) is 9.88 Å². The van der Waals surface area contributed by atoms with Crippen molar-refractivity contribution in [1.29, 1.82) is 5.26 Å². The largest absolute Gasteiger partial charge is 0.354 e. The number of aryl methyl sites for hydroxylation is 3. The second kappa shape index (κ2) is 8.93. The number of para-hydroxylation sites is 1. The highest BCUT2D eigenvalue weighted by Crippen LogP contribution is 2.14. The van der Waals surface area contributed by atoms with Crippen LogP contribution in [-0.4, -0.2) is 17.5 Å². The summed E-state index contributed by atoms with van der Waals surface area (Å²) in [5.41, 5.74) is 4.41. The molecule has 1 aromatic heterocycles. The molecule has 152 valence electrons. The SMILES string of the molecule is CCc1ccccc1-n1c(=O)/c(=C\c2cc(C)ccc2C)s/c1=C(/C#N)C(=O)NC. The molecule has 0 saturated carbocycles. The maximum absolute atomic E-state index is 13.5. The summed E-state index contributed by atoms with van der Waals surface area (Å²) in [6, 6.07) is 15.6. The lowest BCUT2D eigenvalue weighted by molar-refractivity contribution is -0.115. The van der Waals surface area contributed by atoms with Crippen molar-refractivity contribution in [3.05, 3.63) is 84.3 Å². The van der Waals surface area contributed by atoms with E-state index >= 15 is 0 Å². The van der Waals surface area contributed by atoms with E-state index in [1.807, 2.05) is 75.4 Å². The van der Waals surface area contributed by atoms with Crippen molar-refractivity contribution >= 4 is 28.9 Å². The Labute approximate surface area is 179 Å². The first-order valence-corrected chi connectivity index (χ1v) is 10.5. The van der Waals surface area contributed by atoms with Gasteiger partial charge in [0.1, 0.15) is 10.7 Å². The van der Waals surface area contributed by atoms with Gasteiger partial charge in [0.25, 0.3) is 11.5 Å². The Morgan fingerprint density at radius 2 is 1.97 bits per heavy atom. The van der Waals surface area contributed by atoms with Crippen molar-refractivity contribution in [3.63, 3.8) is 0 Å². The minimum absolute atomic E-state index is 0.0777. The number of benzene rings is 2. The van der Waals surface area contributed by atoms with Gasteiger partial charge in [-0.3, -0.25) is 14.2 Å². The summed E-state index contributed by atoms with van der Waals surface area (Å²) in [4.78, 5) is 25.8. The maximum atomic E-state index is 13.5. The second-order valence-corrected chi connectivity index (χ2v) is 8.00. The predicted octanol–water partition coefficient (Wildman–Crippen LogP) is 2.33. The lowest BCUT2D eigenvalue weighted by Crippen LogP contribution is -2.33. The van der Waals surface area contributed by atoms with E-state index < -0.39 is 5.91 Å². The van der Waals surface area contributed by atoms with Gasteiger partial charge in [-0.15, -0.1) is 11.3 Å². The molecule has 1 amide bonds. The highest BCUT2D eigenvalue weighted by atomic mass is 32.1. The van der Waals surface area contributed by atoms with Gasteiger partial charge in [-0.1, -0.05) is 48.9 Å². The Balaban J connectivity index is 2.48. The summed E-state index contributed by atoms with van der Waals surface area (Å²) in [6.45, 7) is 5.99. The molecule has 30 heavy (non-hydrogen) atoms. The van der Waals surface area contributed by atoms with Crippen LogP contribution in [0.15, 0.2) is 47.3 Å². The molecular weight excluding hydrogens is 394 g/mol. The fourth-order valence-electron chi connectivity index (χ4n) is 3.27. The van der Waals surface area contributed by atoms with Crippen LogP contribution >= 0.6 is 11.3 Å². The van der Waals surface area contributed by atoms with Gasteiger partial charge in [-0.25, -0.2) is 0 Å². The summed E-state index contributed by atoms with van der Waals surface area (Å²) < 4.78 is 2.30. The van der Waals surface area contributed by atoms with Crippen LogP contribution < -0.4 is 20.1 Å². The van der Waals surface area contributed by atoms with Crippen LogP contribution in [0.5, 0.6) is 0 Å². The molecule has 0 spiro atoms. The van der Waals surface area contributed by atoms with E-state index in [0.29, 0.717) is 14.9 Å². The van der Waals surface area contributed by atoms with Gasteiger partial charge in [-0.2, -0.15) is 5.26 Å². The van der Waals surface area contributed by atoms with Crippen LogP contribution in [0.3, 0.4) is 0 Å². The zero-order chi connectivity index (χ0) is 21.8. The number of hydrogen-bond donors (Lipinski definition) is 1. The highest BCUT2D eigenvalue weighted by Gasteiger charge is 2.17. The predicted molar refractivity (Wildman–Crippen MR) is 121 cm³/mol. The number of hydrogen-bond acceptors (Lipinski definition) is 4. The number of aromatic nitrogens is 1. The monoisotopic (exact) mass is 417 g/mol. The summed E-state index contributed by atoms with van der Waals surface area (Å²) in [5, 5.41) is 12.2. The summed E-state index contributed by atoms with van der Waals surface area (Å²) in [5.74, 6) is -0.514. The lowest BCUT2D eigenvalue weighted by atomic mass is 10.1. The average Bonchev–Trinajstić information content (AvgIpc) is 3.06. The molecule has 0 fully saturated rings. The fourth-order valence-corrected chi connectivity index (χ4v) is 4.36. The van der Waals surface area contributed by atoms with E-state index in [1.54, 1.807) is 0 Å². The molecule has 1 heterocycles. The topological polar surface area (TPSA) is 74.9 Å². The highest BCUT2D eigenvalue weighted by molar-refractivity contribution is 7.07. The quantitative estimate of drug-likeness (QED) is 0.708. The van der Waals surface area contributed by atoms with Gasteiger partial charge >= 0.3 is 0 Å². The van der Waals surface area contributed by atoms with Crippen LogP contribution in [0.1, 0.15) is 29.2 Å². The number of thiazole rings is 1. The molecule has 5 nitrogen and oxygen atoms in total. The summed E-state index contributed by atoms with van der Waals surface area (Å²) in [6.07, 6.45) is 2.55. The van der Waals surface area contributed by atoms with E-state index in [1.165, 1.54) is 11.6 Å². The van der Waals surface area contributed by atoms with Crippen molar-refractivity contribution in [2.45, 2.75) is 27.2 Å². The number of nitrogens with zero attached hydrogens (tertiary/aromatic N) is 2. The van der Waals surface area contributed by atoms with E-state index in [0.717, 1.165) is 40.0 Å². The van der Waals surface area contributed by atoms with Crippen LogP contribution in [0.4, 0.5) is 0 Å². The Bertz CT molecular complexity index is 1340. The number of carbonyl (C=O) groups excluding carboxylic acids is 1. The molecule has 6 heteroatoms. The standard InChI is InChI=1S/C24H23N3O2S/c1-5-17-8-6-7-9-20(17)27-23(29)21(13-18-12-15(2)10-11-16(18)3)30-24(27)19(14-25)22(28)26-4/h6-13H,5H2,1-4H3,(H,26,28)/b21-13+,24-19-. The number of amides is 1. The molecule has 0 atom stereocenters. The van der Waals surface area contributed by atoms with Crippen molar-refractivity contribution in [2.24, 2.45) is 0 Å². The Morgan fingerprint density at radius 3 is 2.63 bits per heavy atom. The molecule has 0 bridgehead atoms. The molecule has 0 aliphatic carbocycles. The Kier molecular flexibility index (Phi) is 6.34. The van der Waals surface area contributed by atoms with E-state index in [9.17, 15) is 14.9 Å². The molecule has 0 saturated heterocycles. The van der Waals surface area contributed by atoms with E-state index in [-0.39, 0.29) is 11.1 Å². The minimum Gasteiger partial charge on any atom is -0.354 e. The second-order valence-electron chi connectivity index (χ2n) is 6.96. The van der Waals surface area contributed by atoms with Gasteiger partial charge in [-0.05, 0) is 49.1 Å². The first kappa shape index (κ1) is 21.3. The van der Waals surface area contributed by atoms with Gasteiger partial charge < -0.3 is 5.32 Å². The molecule has 1 N–H and O–H groups in total. The lowest BCUT2D eigenvalue weighted by Gasteiger charge is -2.08. The zero-order valence-corrected chi connectivity index (χ0v) is 18.3. The van der Waals surface area contributed by atoms with Gasteiger partial charge in [0.2, 0.25) is 0 Å². The number of rotatable bonds is 4. The Hall–Kier alpha value is -3.43. The van der Waals surface area contributed by atoms with E-state index in [2.05, 4.69) is 5.32 Å². The third-order valence-electron chi connectivity index (χ3n) is 4.94. The molecule has 0 unspecified atom stereocenters. The molecule has 3 rings (SSSR count). The van der Waals surface area contributed by atoms with Crippen LogP contribution in [0.25, 0.3) is 17.3 Å². The molecular formula is C24H23N3O2S. The Morgan fingerprint density at radius 1 is 1.23 bits per heavy atom. The fraction of sp³-hybridized carbons (Fsp3) is 0.208. The maximum Gasteiger partial charge on any atom is 0.273 e. The van der Waals surface area contributed by atoms with Crippen LogP contribution in [0, 0.1) is 25.2 Å². The number of nitrogens with one attached hydrogen (secondary N) is 1. The molecule has 0 radical (unpaired) electrons. The summed E-state index contributed by atoms with van der Waals surface area (Å²) >= 11 is 1.16. The van der Waals surface area contributed by atoms with Crippen molar-refractivity contribution in [3.8, 4) is 11.8 Å². The molecule has 0 aliphatic heterocycles. The minimum atomic E-state index is -0.514. The number of carbonyl (C=O) groups is 1. The molecule has 0 aliphatic rings. The first-order chi connectivity index (χ1) is 14.4. The average molecular weight is 418 g/mol. The summed E-state index contributed by atoms with van der Waals surface area (Å²) in [7, 11) is 1.47. The number of nitriles is 1. The first-order valence-electron chi connectivity index (χ1n) is 9.66. The third kappa shape index (κ3) is 3.98. The normalized spacial score (nSPS) is 12.4. The van der Waals surface area contributed by atoms with Crippen molar-refractivity contribution in [2.75, 3.05) is 7.05 Å².